The molecule has 0 spiro atoms. The van der Waals surface area contributed by atoms with E-state index in [0.29, 0.717) is 46.7 Å². The standard InChI is InChI=1S/C33H31FN6O5/c1-4-24-30(23-18-20(31(43)35-16-17-45-3)10-15-25(23)37-28(41)5-2)32(44)40-27-9-7-6-8-26(27)39(33(40)38-24)19-29(42)36-22-13-11-21(34)12-14-22/h5-15,18H,2,4,16-17,19H2,1,3H3,(H,35,43)(H,36,42)(H,37,41). The number of para-hydroxylation sites is 2. The van der Waals surface area contributed by atoms with Gasteiger partial charge in [0.05, 0.1) is 28.9 Å². The number of hydrogen-bond donors (Lipinski definition) is 3. The normalized spacial score (nSPS) is 11.0. The number of nitrogens with one attached hydrogen (secondary N) is 3. The van der Waals surface area contributed by atoms with Crippen LogP contribution in [-0.4, -0.2) is 51.9 Å². The molecule has 0 atom stereocenters. The largest absolute Gasteiger partial charge is 0.383 e. The number of aryl methyl sites for hydroxylation is 1. The van der Waals surface area contributed by atoms with E-state index in [9.17, 15) is 23.6 Å². The van der Waals surface area contributed by atoms with Crippen LogP contribution in [0.5, 0.6) is 0 Å². The number of benzene rings is 3. The van der Waals surface area contributed by atoms with Crippen molar-refractivity contribution in [1.29, 1.82) is 0 Å². The minimum absolute atomic E-state index is 0.179. The second-order valence-electron chi connectivity index (χ2n) is 10.1. The number of anilines is 2. The molecule has 5 rings (SSSR count). The van der Waals surface area contributed by atoms with Gasteiger partial charge in [-0.1, -0.05) is 25.6 Å². The molecule has 3 amide bonds. The molecule has 2 aromatic heterocycles. The minimum atomic E-state index is -0.496. The molecular weight excluding hydrogens is 579 g/mol. The topological polar surface area (TPSA) is 136 Å². The predicted molar refractivity (Wildman–Crippen MR) is 170 cm³/mol. The number of amides is 3. The number of hydrogen-bond acceptors (Lipinski definition) is 6. The summed E-state index contributed by atoms with van der Waals surface area (Å²) < 4.78 is 21.4. The summed E-state index contributed by atoms with van der Waals surface area (Å²) >= 11 is 0. The summed E-state index contributed by atoms with van der Waals surface area (Å²) in [6, 6.07) is 17.1. The van der Waals surface area contributed by atoms with Gasteiger partial charge in [0.1, 0.15) is 12.4 Å². The highest BCUT2D eigenvalue weighted by molar-refractivity contribution is 6.04. The number of methoxy groups -OCH3 is 1. The van der Waals surface area contributed by atoms with Crippen LogP contribution in [0.2, 0.25) is 0 Å². The van der Waals surface area contributed by atoms with Gasteiger partial charge in [-0.15, -0.1) is 0 Å². The summed E-state index contributed by atoms with van der Waals surface area (Å²) in [6.07, 6.45) is 1.43. The van der Waals surface area contributed by atoms with Crippen molar-refractivity contribution in [2.45, 2.75) is 19.9 Å². The van der Waals surface area contributed by atoms with Crippen LogP contribution in [0.1, 0.15) is 23.0 Å². The summed E-state index contributed by atoms with van der Waals surface area (Å²) in [5.41, 5.74) is 2.53. The van der Waals surface area contributed by atoms with E-state index in [4.69, 9.17) is 9.72 Å². The molecule has 3 aromatic carbocycles. The Hall–Kier alpha value is -5.62. The number of carbonyl (C=O) groups is 3. The summed E-state index contributed by atoms with van der Waals surface area (Å²) in [7, 11) is 1.53. The van der Waals surface area contributed by atoms with Crippen molar-refractivity contribution in [3.63, 3.8) is 0 Å². The quantitative estimate of drug-likeness (QED) is 0.152. The number of ether oxygens (including phenoxy) is 1. The maximum atomic E-state index is 14.5. The van der Waals surface area contributed by atoms with E-state index in [1.165, 1.54) is 35.8 Å². The molecule has 0 saturated heterocycles. The average molecular weight is 611 g/mol. The van der Waals surface area contributed by atoms with E-state index in [1.807, 2.05) is 6.92 Å². The van der Waals surface area contributed by atoms with Crippen LogP contribution in [-0.2, 0) is 27.3 Å². The maximum Gasteiger partial charge on any atom is 0.267 e. The monoisotopic (exact) mass is 610 g/mol. The van der Waals surface area contributed by atoms with Crippen molar-refractivity contribution in [1.82, 2.24) is 19.3 Å². The zero-order valence-electron chi connectivity index (χ0n) is 24.7. The molecule has 3 N–H and O–H groups in total. The Morgan fingerprint density at radius 3 is 2.44 bits per heavy atom. The Balaban J connectivity index is 1.68. The minimum Gasteiger partial charge on any atom is -0.383 e. The van der Waals surface area contributed by atoms with Crippen LogP contribution in [0.15, 0.2) is 84.2 Å². The second-order valence-corrected chi connectivity index (χ2v) is 10.1. The van der Waals surface area contributed by atoms with Gasteiger partial charge < -0.3 is 25.3 Å². The molecule has 0 saturated carbocycles. The summed E-state index contributed by atoms with van der Waals surface area (Å²) in [5.74, 6) is -1.47. The van der Waals surface area contributed by atoms with E-state index < -0.39 is 23.2 Å². The summed E-state index contributed by atoms with van der Waals surface area (Å²) in [5, 5.41) is 8.24. The second kappa shape index (κ2) is 13.3. The van der Waals surface area contributed by atoms with Crippen molar-refractivity contribution in [2.75, 3.05) is 30.9 Å². The number of fused-ring (bicyclic) bond motifs is 3. The SMILES string of the molecule is C=CC(=O)Nc1ccc(C(=O)NCCOC)cc1-c1c(CC)nc2n(CC(=O)Nc3ccc(F)cc3)c3ccccc3n2c1=O. The van der Waals surface area contributed by atoms with E-state index in [-0.39, 0.29) is 35.9 Å². The fourth-order valence-corrected chi connectivity index (χ4v) is 5.05. The first-order valence-electron chi connectivity index (χ1n) is 14.2. The third kappa shape index (κ3) is 6.36. The number of carbonyl (C=O) groups excluding carboxylic acids is 3. The van der Waals surface area contributed by atoms with Crippen molar-refractivity contribution in [3.05, 3.63) is 107 Å². The average Bonchev–Trinajstić information content (AvgIpc) is 3.35. The predicted octanol–water partition coefficient (Wildman–Crippen LogP) is 4.16. The maximum absolute atomic E-state index is 14.5. The molecule has 11 nitrogen and oxygen atoms in total. The molecule has 2 heterocycles. The molecule has 0 radical (unpaired) electrons. The van der Waals surface area contributed by atoms with Gasteiger partial charge in [0, 0.05) is 36.2 Å². The van der Waals surface area contributed by atoms with Crippen molar-refractivity contribution in [3.8, 4) is 11.1 Å². The lowest BCUT2D eigenvalue weighted by Crippen LogP contribution is -2.27. The lowest BCUT2D eigenvalue weighted by molar-refractivity contribution is -0.116. The Kier molecular flexibility index (Phi) is 9.14. The highest BCUT2D eigenvalue weighted by Crippen LogP contribution is 2.31. The van der Waals surface area contributed by atoms with Gasteiger partial charge >= 0.3 is 0 Å². The van der Waals surface area contributed by atoms with Gasteiger partial charge in [0.15, 0.2) is 0 Å². The molecule has 0 aliphatic rings. The van der Waals surface area contributed by atoms with Gasteiger partial charge in [0.2, 0.25) is 17.6 Å². The Labute approximate surface area is 257 Å². The zero-order chi connectivity index (χ0) is 32.1. The number of halogens is 1. The van der Waals surface area contributed by atoms with Crippen LogP contribution >= 0.6 is 0 Å². The smallest absolute Gasteiger partial charge is 0.267 e. The molecule has 0 bridgehead atoms. The Morgan fingerprint density at radius 2 is 1.76 bits per heavy atom. The summed E-state index contributed by atoms with van der Waals surface area (Å²) in [6.45, 7) is 5.77. The van der Waals surface area contributed by atoms with Crippen LogP contribution in [0.25, 0.3) is 27.9 Å². The number of aromatic nitrogens is 3. The Bertz CT molecular complexity index is 2000. The van der Waals surface area contributed by atoms with Crippen LogP contribution in [0, 0.1) is 5.82 Å². The first-order chi connectivity index (χ1) is 21.7. The lowest BCUT2D eigenvalue weighted by atomic mass is 9.98. The van der Waals surface area contributed by atoms with Gasteiger partial charge in [0.25, 0.3) is 11.5 Å². The van der Waals surface area contributed by atoms with Crippen molar-refractivity contribution < 1.29 is 23.5 Å². The van der Waals surface area contributed by atoms with Gasteiger partial charge in [-0.05, 0) is 67.1 Å². The van der Waals surface area contributed by atoms with E-state index >= 15 is 0 Å². The third-order valence-electron chi connectivity index (χ3n) is 7.15. The lowest BCUT2D eigenvalue weighted by Gasteiger charge is -2.15. The van der Waals surface area contributed by atoms with Gasteiger partial charge in [-0.2, -0.15) is 0 Å². The number of rotatable bonds is 11. The highest BCUT2D eigenvalue weighted by Gasteiger charge is 2.24. The number of nitrogens with zero attached hydrogens (tertiary/aromatic N) is 3. The molecular formula is C33H31FN6O5. The summed E-state index contributed by atoms with van der Waals surface area (Å²) in [4.78, 5) is 57.7. The molecule has 0 fully saturated rings. The molecule has 45 heavy (non-hydrogen) atoms. The van der Waals surface area contributed by atoms with Crippen LogP contribution < -0.4 is 21.5 Å². The van der Waals surface area contributed by atoms with Crippen LogP contribution in [0.3, 0.4) is 0 Å². The van der Waals surface area contributed by atoms with E-state index in [0.717, 1.165) is 6.08 Å². The molecule has 230 valence electrons. The molecule has 0 aliphatic heterocycles. The molecule has 12 heteroatoms. The highest BCUT2D eigenvalue weighted by atomic mass is 19.1. The molecule has 5 aromatic rings. The first-order valence-corrected chi connectivity index (χ1v) is 14.2. The molecule has 0 unspecified atom stereocenters. The Morgan fingerprint density at radius 1 is 1.02 bits per heavy atom. The van der Waals surface area contributed by atoms with Crippen LogP contribution in [0.4, 0.5) is 15.8 Å². The van der Waals surface area contributed by atoms with E-state index in [1.54, 1.807) is 47.0 Å². The third-order valence-corrected chi connectivity index (χ3v) is 7.15. The van der Waals surface area contributed by atoms with Gasteiger partial charge in [-0.3, -0.25) is 19.2 Å². The number of imidazole rings is 1. The first kappa shape index (κ1) is 30.8. The zero-order valence-corrected chi connectivity index (χ0v) is 24.7. The fourth-order valence-electron chi connectivity index (χ4n) is 5.05. The van der Waals surface area contributed by atoms with E-state index in [2.05, 4.69) is 22.5 Å². The molecule has 0 aliphatic carbocycles. The van der Waals surface area contributed by atoms with Crippen molar-refractivity contribution >= 4 is 45.9 Å². The van der Waals surface area contributed by atoms with Crippen molar-refractivity contribution in [2.24, 2.45) is 0 Å². The fraction of sp³-hybridized carbons (Fsp3) is 0.182. The van der Waals surface area contributed by atoms with Gasteiger partial charge in [-0.25, -0.2) is 13.8 Å².